The summed E-state index contributed by atoms with van der Waals surface area (Å²) >= 11 is 0. The summed E-state index contributed by atoms with van der Waals surface area (Å²) in [4.78, 5) is 11.9. The highest BCUT2D eigenvalue weighted by molar-refractivity contribution is 7.97. The molecule has 1 aliphatic rings. The fourth-order valence-corrected chi connectivity index (χ4v) is 3.86. The molecule has 0 bridgehead atoms. The molecule has 0 saturated heterocycles. The van der Waals surface area contributed by atoms with Crippen LogP contribution in [0.25, 0.3) is 5.76 Å². The molecule has 24 heavy (non-hydrogen) atoms. The molecule has 124 valence electrons. The maximum absolute atomic E-state index is 12.6. The molecule has 3 N–H and O–H groups in total. The van der Waals surface area contributed by atoms with Gasteiger partial charge in [-0.3, -0.25) is 9.52 Å². The van der Waals surface area contributed by atoms with Crippen LogP contribution in [-0.4, -0.2) is 19.4 Å². The molecule has 0 fully saturated rings. The number of aliphatic hydroxyl groups excluding tert-OH is 1. The van der Waals surface area contributed by atoms with Crippen LogP contribution in [0.1, 0.15) is 16.7 Å². The zero-order chi connectivity index (χ0) is 17.5. The molecule has 0 aliphatic carbocycles. The molecule has 0 saturated carbocycles. The Kier molecular flexibility index (Phi) is 3.81. The number of nitrogens with one attached hydrogen (secondary N) is 2. The monoisotopic (exact) mass is 344 g/mol. The van der Waals surface area contributed by atoms with E-state index in [1.165, 1.54) is 6.07 Å². The number of hydrogen-bond acceptors (Lipinski definition) is 4. The van der Waals surface area contributed by atoms with Crippen molar-refractivity contribution in [3.05, 3.63) is 64.1 Å². The van der Waals surface area contributed by atoms with E-state index in [1.54, 1.807) is 44.2 Å². The van der Waals surface area contributed by atoms with Crippen molar-refractivity contribution in [2.24, 2.45) is 0 Å². The second-order valence-electron chi connectivity index (χ2n) is 5.55. The third-order valence-electron chi connectivity index (χ3n) is 3.84. The summed E-state index contributed by atoms with van der Waals surface area (Å²) in [7, 11) is -4.16. The maximum Gasteiger partial charge on any atom is 0.273 e. The number of rotatable bonds is 2. The van der Waals surface area contributed by atoms with Gasteiger partial charge in [0.2, 0.25) is 0 Å². The first-order chi connectivity index (χ1) is 11.3. The lowest BCUT2D eigenvalue weighted by Gasteiger charge is -2.21. The minimum atomic E-state index is -4.16. The maximum atomic E-state index is 12.6. The Labute approximate surface area is 139 Å². The van der Waals surface area contributed by atoms with Crippen molar-refractivity contribution in [1.29, 1.82) is 0 Å². The zero-order valence-electron chi connectivity index (χ0n) is 13.1. The van der Waals surface area contributed by atoms with Crippen LogP contribution in [0.15, 0.2) is 47.4 Å². The average molecular weight is 344 g/mol. The second kappa shape index (κ2) is 5.68. The van der Waals surface area contributed by atoms with E-state index in [2.05, 4.69) is 10.0 Å². The van der Waals surface area contributed by atoms with Crippen molar-refractivity contribution < 1.29 is 18.3 Å². The lowest BCUT2D eigenvalue weighted by molar-refractivity contribution is -0.112. The lowest BCUT2D eigenvalue weighted by Crippen LogP contribution is -2.30. The van der Waals surface area contributed by atoms with E-state index in [4.69, 9.17) is 0 Å². The summed E-state index contributed by atoms with van der Waals surface area (Å²) in [6.45, 7) is 3.61. The van der Waals surface area contributed by atoms with Crippen molar-refractivity contribution in [3.63, 3.8) is 0 Å². The Hall–Kier alpha value is -2.80. The number of anilines is 2. The lowest BCUT2D eigenvalue weighted by atomic mass is 10.1. The quantitative estimate of drug-likeness (QED) is 0.780. The van der Waals surface area contributed by atoms with Crippen molar-refractivity contribution in [2.75, 3.05) is 10.0 Å². The molecule has 0 radical (unpaired) electrons. The van der Waals surface area contributed by atoms with Crippen LogP contribution in [0.5, 0.6) is 0 Å². The van der Waals surface area contributed by atoms with Crippen molar-refractivity contribution >= 4 is 33.1 Å². The van der Waals surface area contributed by atoms with Gasteiger partial charge in [0.15, 0.2) is 10.7 Å². The third kappa shape index (κ3) is 2.63. The van der Waals surface area contributed by atoms with E-state index in [0.717, 1.165) is 11.1 Å². The molecular weight excluding hydrogens is 328 g/mol. The van der Waals surface area contributed by atoms with E-state index in [-0.39, 0.29) is 11.3 Å². The fourth-order valence-electron chi connectivity index (χ4n) is 2.64. The highest BCUT2D eigenvalue weighted by atomic mass is 32.2. The Morgan fingerprint density at radius 1 is 1.04 bits per heavy atom. The van der Waals surface area contributed by atoms with Crippen LogP contribution >= 0.6 is 0 Å². The standard InChI is InChI=1S/C17H16N2O4S/c1-10-6-5-7-11(2)14(10)18-17(21)16-15(20)12-8-3-4-9-13(12)19-24(16,22)23/h3-9,19-20H,1-2H3,(H,18,21). The Bertz CT molecular complexity index is 958. The summed E-state index contributed by atoms with van der Waals surface area (Å²) in [5.74, 6) is -1.44. The van der Waals surface area contributed by atoms with Gasteiger partial charge in [-0.05, 0) is 37.1 Å². The van der Waals surface area contributed by atoms with Crippen LogP contribution in [-0.2, 0) is 14.8 Å². The number of carbonyl (C=O) groups is 1. The van der Waals surface area contributed by atoms with Gasteiger partial charge < -0.3 is 10.4 Å². The Morgan fingerprint density at radius 3 is 2.33 bits per heavy atom. The minimum Gasteiger partial charge on any atom is -0.506 e. The number of aryl methyl sites for hydroxylation is 2. The first-order valence-corrected chi connectivity index (χ1v) is 8.72. The molecule has 1 heterocycles. The second-order valence-corrected chi connectivity index (χ2v) is 7.17. The largest absolute Gasteiger partial charge is 0.506 e. The number of aliphatic hydroxyl groups is 1. The first-order valence-electron chi connectivity index (χ1n) is 7.24. The van der Waals surface area contributed by atoms with Crippen LogP contribution in [0.2, 0.25) is 0 Å². The zero-order valence-corrected chi connectivity index (χ0v) is 13.9. The molecular formula is C17H16N2O4S. The van der Waals surface area contributed by atoms with Gasteiger partial charge >= 0.3 is 0 Å². The summed E-state index contributed by atoms with van der Waals surface area (Å²) in [6.07, 6.45) is 0. The predicted octanol–water partition coefficient (Wildman–Crippen LogP) is 2.92. The number of sulfonamides is 1. The molecule has 7 heteroatoms. The minimum absolute atomic E-state index is 0.235. The molecule has 0 atom stereocenters. The number of carbonyl (C=O) groups excluding carboxylic acids is 1. The van der Waals surface area contributed by atoms with Gasteiger partial charge in [0, 0.05) is 11.3 Å². The molecule has 3 rings (SSSR count). The van der Waals surface area contributed by atoms with Gasteiger partial charge in [-0.1, -0.05) is 30.3 Å². The van der Waals surface area contributed by atoms with Crippen molar-refractivity contribution in [2.45, 2.75) is 13.8 Å². The number of hydrogen-bond donors (Lipinski definition) is 3. The van der Waals surface area contributed by atoms with Gasteiger partial charge in [0.05, 0.1) is 5.69 Å². The molecule has 1 aliphatic heterocycles. The summed E-state index contributed by atoms with van der Waals surface area (Å²) in [6, 6.07) is 11.8. The van der Waals surface area contributed by atoms with Crippen LogP contribution in [0.3, 0.4) is 0 Å². The van der Waals surface area contributed by atoms with E-state index >= 15 is 0 Å². The Balaban J connectivity index is 2.09. The summed E-state index contributed by atoms with van der Waals surface area (Å²) in [5.41, 5.74) is 2.62. The summed E-state index contributed by atoms with van der Waals surface area (Å²) in [5, 5.41) is 12.9. The average Bonchev–Trinajstić information content (AvgIpc) is 2.50. The van der Waals surface area contributed by atoms with Gasteiger partial charge in [0.25, 0.3) is 15.9 Å². The highest BCUT2D eigenvalue weighted by Gasteiger charge is 2.35. The molecule has 1 amide bonds. The predicted molar refractivity (Wildman–Crippen MR) is 93.1 cm³/mol. The summed E-state index contributed by atoms with van der Waals surface area (Å²) < 4.78 is 27.0. The van der Waals surface area contributed by atoms with Gasteiger partial charge in [0.1, 0.15) is 0 Å². The van der Waals surface area contributed by atoms with Gasteiger partial charge in [-0.15, -0.1) is 0 Å². The number of benzene rings is 2. The number of para-hydroxylation sites is 2. The first kappa shape index (κ1) is 16.1. The molecule has 2 aromatic rings. The molecule has 0 spiro atoms. The molecule has 6 nitrogen and oxygen atoms in total. The van der Waals surface area contributed by atoms with E-state index in [1.807, 2.05) is 6.07 Å². The number of amides is 1. The highest BCUT2D eigenvalue weighted by Crippen LogP contribution is 2.34. The smallest absolute Gasteiger partial charge is 0.273 e. The van der Waals surface area contributed by atoms with Crippen LogP contribution in [0, 0.1) is 13.8 Å². The number of fused-ring (bicyclic) bond motifs is 1. The van der Waals surface area contributed by atoms with Crippen molar-refractivity contribution in [1.82, 2.24) is 0 Å². The molecule has 0 aromatic heterocycles. The van der Waals surface area contributed by atoms with E-state index in [9.17, 15) is 18.3 Å². The van der Waals surface area contributed by atoms with E-state index in [0.29, 0.717) is 5.69 Å². The third-order valence-corrected chi connectivity index (χ3v) is 5.24. The Morgan fingerprint density at radius 2 is 1.67 bits per heavy atom. The fraction of sp³-hybridized carbons (Fsp3) is 0.118. The van der Waals surface area contributed by atoms with E-state index < -0.39 is 26.6 Å². The molecule has 0 unspecified atom stereocenters. The topological polar surface area (TPSA) is 95.5 Å². The van der Waals surface area contributed by atoms with Gasteiger partial charge in [-0.25, -0.2) is 8.42 Å². The normalized spacial score (nSPS) is 15.4. The van der Waals surface area contributed by atoms with Crippen molar-refractivity contribution in [3.8, 4) is 0 Å². The van der Waals surface area contributed by atoms with Gasteiger partial charge in [-0.2, -0.15) is 0 Å². The SMILES string of the molecule is Cc1cccc(C)c1NC(=O)C1=C(O)c2ccccc2NS1(=O)=O. The molecule has 2 aromatic carbocycles. The van der Waals surface area contributed by atoms with Crippen LogP contribution < -0.4 is 10.0 Å². The van der Waals surface area contributed by atoms with Crippen LogP contribution in [0.4, 0.5) is 11.4 Å².